The van der Waals surface area contributed by atoms with Gasteiger partial charge < -0.3 is 4.74 Å². The number of halogens is 2. The molecule has 0 radical (unpaired) electrons. The highest BCUT2D eigenvalue weighted by molar-refractivity contribution is 6.32. The zero-order valence-electron chi connectivity index (χ0n) is 9.44. The lowest BCUT2D eigenvalue weighted by atomic mass is 9.92. The number of hydrogen-bond acceptors (Lipinski definition) is 3. The highest BCUT2D eigenvalue weighted by atomic mass is 35.5. The quantitative estimate of drug-likeness (QED) is 0.593. The van der Waals surface area contributed by atoms with Crippen LogP contribution in [0.15, 0.2) is 30.3 Å². The van der Waals surface area contributed by atoms with E-state index in [4.69, 9.17) is 27.9 Å². The average molecular weight is 281 g/mol. The van der Waals surface area contributed by atoms with Crippen molar-refractivity contribution in [3.8, 4) is 0 Å². The molecule has 0 aliphatic carbocycles. The van der Waals surface area contributed by atoms with Crippen molar-refractivity contribution < 1.29 is 4.74 Å². The fraction of sp³-hybridized carbons (Fsp3) is 0.231. The summed E-state index contributed by atoms with van der Waals surface area (Å²) in [5.41, 5.74) is 2.85. The summed E-state index contributed by atoms with van der Waals surface area (Å²) in [5.74, 6) is 0.0629. The first-order valence-electron chi connectivity index (χ1n) is 5.60. The van der Waals surface area contributed by atoms with Crippen LogP contribution in [0.2, 0.25) is 10.4 Å². The molecule has 1 unspecified atom stereocenters. The van der Waals surface area contributed by atoms with E-state index < -0.39 is 0 Å². The molecule has 18 heavy (non-hydrogen) atoms. The predicted octanol–water partition coefficient (Wildman–Crippen LogP) is 3.45. The smallest absolute Gasteiger partial charge is 0.224 e. The second-order valence-electron chi connectivity index (χ2n) is 4.13. The summed E-state index contributed by atoms with van der Waals surface area (Å²) in [5, 5.41) is 0.562. The van der Waals surface area contributed by atoms with Crippen molar-refractivity contribution in [1.29, 1.82) is 0 Å². The minimum atomic E-state index is 0.0629. The number of benzene rings is 1. The third-order valence-electron chi connectivity index (χ3n) is 3.02. The third kappa shape index (κ3) is 2.09. The van der Waals surface area contributed by atoms with Gasteiger partial charge in [0.25, 0.3) is 0 Å². The van der Waals surface area contributed by atoms with E-state index in [9.17, 15) is 0 Å². The van der Waals surface area contributed by atoms with Crippen LogP contribution >= 0.6 is 23.2 Å². The number of aromatic nitrogens is 2. The van der Waals surface area contributed by atoms with Crippen molar-refractivity contribution in [2.45, 2.75) is 12.5 Å². The first-order chi connectivity index (χ1) is 8.75. The molecule has 0 amide bonds. The summed E-state index contributed by atoms with van der Waals surface area (Å²) in [6.45, 7) is 1.02. The number of hydrogen-bond donors (Lipinski definition) is 0. The van der Waals surface area contributed by atoms with E-state index in [2.05, 4.69) is 9.97 Å². The number of ether oxygens (including phenoxy) is 1. The summed E-state index contributed by atoms with van der Waals surface area (Å²) >= 11 is 12.0. The predicted molar refractivity (Wildman–Crippen MR) is 70.0 cm³/mol. The lowest BCUT2D eigenvalue weighted by Gasteiger charge is -2.25. The Morgan fingerprint density at radius 2 is 1.89 bits per heavy atom. The Bertz CT molecular complexity index is 575. The normalized spacial score (nSPS) is 18.4. The molecule has 3 nitrogen and oxygen atoms in total. The Labute approximate surface area is 115 Å². The van der Waals surface area contributed by atoms with E-state index in [-0.39, 0.29) is 11.2 Å². The van der Waals surface area contributed by atoms with Gasteiger partial charge in [-0.3, -0.25) is 0 Å². The summed E-state index contributed by atoms with van der Waals surface area (Å²) in [7, 11) is 0. The van der Waals surface area contributed by atoms with Crippen LogP contribution in [0.3, 0.4) is 0 Å². The van der Waals surface area contributed by atoms with Crippen LogP contribution in [0.1, 0.15) is 22.7 Å². The van der Waals surface area contributed by atoms with Crippen LogP contribution in [-0.2, 0) is 11.3 Å². The second kappa shape index (κ2) is 4.84. The van der Waals surface area contributed by atoms with Crippen molar-refractivity contribution in [1.82, 2.24) is 9.97 Å². The molecule has 1 aromatic carbocycles. The van der Waals surface area contributed by atoms with Gasteiger partial charge in [-0.1, -0.05) is 41.9 Å². The van der Waals surface area contributed by atoms with Crippen LogP contribution in [-0.4, -0.2) is 16.6 Å². The van der Waals surface area contributed by atoms with Gasteiger partial charge in [0.2, 0.25) is 5.28 Å². The number of fused-ring (bicyclic) bond motifs is 1. The van der Waals surface area contributed by atoms with Crippen LogP contribution in [0.4, 0.5) is 0 Å². The van der Waals surface area contributed by atoms with Gasteiger partial charge in [0.1, 0.15) is 5.15 Å². The molecule has 2 aromatic rings. The van der Waals surface area contributed by atoms with Crippen molar-refractivity contribution >= 4 is 23.2 Å². The topological polar surface area (TPSA) is 35.0 Å². The first kappa shape index (κ1) is 11.9. The molecule has 92 valence electrons. The van der Waals surface area contributed by atoms with E-state index in [0.29, 0.717) is 18.4 Å². The Morgan fingerprint density at radius 3 is 2.67 bits per heavy atom. The van der Waals surface area contributed by atoms with Crippen LogP contribution in [0.25, 0.3) is 0 Å². The molecule has 2 heterocycles. The van der Waals surface area contributed by atoms with Gasteiger partial charge in [-0.25, -0.2) is 9.97 Å². The molecule has 1 aliphatic rings. The molecule has 0 bridgehead atoms. The Morgan fingerprint density at radius 1 is 1.11 bits per heavy atom. The minimum absolute atomic E-state index is 0.0629. The van der Waals surface area contributed by atoms with Crippen LogP contribution < -0.4 is 0 Å². The minimum Gasteiger partial charge on any atom is -0.376 e. The molecule has 0 spiro atoms. The molecule has 0 saturated carbocycles. The van der Waals surface area contributed by atoms with Crippen molar-refractivity contribution in [3.63, 3.8) is 0 Å². The Balaban J connectivity index is 2.12. The van der Waals surface area contributed by atoms with Crippen molar-refractivity contribution in [2.24, 2.45) is 0 Å². The lowest BCUT2D eigenvalue weighted by molar-refractivity contribution is 0.0973. The van der Waals surface area contributed by atoms with Gasteiger partial charge in [-0.2, -0.15) is 0 Å². The van der Waals surface area contributed by atoms with Gasteiger partial charge >= 0.3 is 0 Å². The molecule has 0 N–H and O–H groups in total. The van der Waals surface area contributed by atoms with Crippen LogP contribution in [0, 0.1) is 0 Å². The molecule has 1 aromatic heterocycles. The summed E-state index contributed by atoms with van der Waals surface area (Å²) in [6, 6.07) is 10.1. The van der Waals surface area contributed by atoms with E-state index in [1.54, 1.807) is 0 Å². The van der Waals surface area contributed by atoms with E-state index in [0.717, 1.165) is 16.8 Å². The largest absolute Gasteiger partial charge is 0.376 e. The maximum atomic E-state index is 6.08. The fourth-order valence-corrected chi connectivity index (χ4v) is 2.62. The zero-order valence-corrected chi connectivity index (χ0v) is 10.9. The van der Waals surface area contributed by atoms with Gasteiger partial charge in [0.15, 0.2) is 0 Å². The maximum absolute atomic E-state index is 6.08. The standard InChI is InChI=1S/C13H10Cl2N2O/c14-12-10-7-18-6-9(8-4-2-1-3-5-8)11(10)16-13(15)17-12/h1-5,9H,6-7H2. The maximum Gasteiger partial charge on any atom is 0.224 e. The van der Waals surface area contributed by atoms with E-state index in [1.165, 1.54) is 0 Å². The monoisotopic (exact) mass is 280 g/mol. The van der Waals surface area contributed by atoms with E-state index >= 15 is 0 Å². The van der Waals surface area contributed by atoms with Gasteiger partial charge in [0.05, 0.1) is 24.8 Å². The van der Waals surface area contributed by atoms with Crippen LogP contribution in [0.5, 0.6) is 0 Å². The molecule has 0 fully saturated rings. The molecule has 5 heteroatoms. The van der Waals surface area contributed by atoms with Crippen molar-refractivity contribution in [3.05, 3.63) is 57.6 Å². The molecule has 1 aliphatic heterocycles. The average Bonchev–Trinajstić information content (AvgIpc) is 2.39. The third-order valence-corrected chi connectivity index (χ3v) is 3.51. The summed E-state index contributed by atoms with van der Waals surface area (Å²) in [4.78, 5) is 8.28. The van der Waals surface area contributed by atoms with Gasteiger partial charge in [0, 0.05) is 5.56 Å². The number of nitrogens with zero attached hydrogens (tertiary/aromatic N) is 2. The Hall–Kier alpha value is -1.16. The molecular formula is C13H10Cl2N2O. The highest BCUT2D eigenvalue weighted by Crippen LogP contribution is 2.34. The summed E-state index contributed by atoms with van der Waals surface area (Å²) < 4.78 is 5.58. The van der Waals surface area contributed by atoms with Gasteiger partial charge in [-0.05, 0) is 17.2 Å². The highest BCUT2D eigenvalue weighted by Gasteiger charge is 2.26. The molecule has 0 saturated heterocycles. The van der Waals surface area contributed by atoms with E-state index in [1.807, 2.05) is 30.3 Å². The lowest BCUT2D eigenvalue weighted by Crippen LogP contribution is -2.20. The molecular weight excluding hydrogens is 271 g/mol. The first-order valence-corrected chi connectivity index (χ1v) is 6.36. The summed E-state index contributed by atoms with van der Waals surface area (Å²) in [6.07, 6.45) is 0. The molecule has 1 atom stereocenters. The second-order valence-corrected chi connectivity index (χ2v) is 4.82. The fourth-order valence-electron chi connectivity index (χ4n) is 2.16. The van der Waals surface area contributed by atoms with Crippen molar-refractivity contribution in [2.75, 3.05) is 6.61 Å². The Kier molecular flexibility index (Phi) is 3.20. The number of rotatable bonds is 1. The molecule has 3 rings (SSSR count). The zero-order chi connectivity index (χ0) is 12.5. The SMILES string of the molecule is Clc1nc(Cl)c2c(n1)C(c1ccccc1)COC2. The van der Waals surface area contributed by atoms with Gasteiger partial charge in [-0.15, -0.1) is 0 Å².